The molecular weight excluding hydrogens is 482 g/mol. The lowest BCUT2D eigenvalue weighted by atomic mass is 9.99. The zero-order chi connectivity index (χ0) is 25.8. The number of carbonyl (C=O) groups is 4. The van der Waals surface area contributed by atoms with Gasteiger partial charge in [-0.25, -0.2) is 9.69 Å². The Morgan fingerprint density at radius 2 is 1.83 bits per heavy atom. The van der Waals surface area contributed by atoms with Gasteiger partial charge < -0.3 is 15.0 Å². The van der Waals surface area contributed by atoms with E-state index < -0.39 is 17.8 Å². The zero-order valence-corrected chi connectivity index (χ0v) is 21.0. The normalized spacial score (nSPS) is 18.0. The minimum absolute atomic E-state index is 0.0269. The van der Waals surface area contributed by atoms with Gasteiger partial charge in [0, 0.05) is 24.3 Å². The van der Waals surface area contributed by atoms with E-state index in [1.807, 2.05) is 11.8 Å². The smallest absolute Gasteiger partial charge is 0.338 e. The molecule has 9 heteroatoms. The summed E-state index contributed by atoms with van der Waals surface area (Å²) in [6.07, 6.45) is 2.80. The van der Waals surface area contributed by atoms with Gasteiger partial charge in [-0.1, -0.05) is 31.5 Å². The van der Waals surface area contributed by atoms with Crippen molar-refractivity contribution in [3.8, 4) is 0 Å². The van der Waals surface area contributed by atoms with Crippen LogP contribution >= 0.6 is 11.6 Å². The van der Waals surface area contributed by atoms with Gasteiger partial charge in [-0.05, 0) is 67.6 Å². The number of nitrogens with one attached hydrogen (secondary N) is 1. The van der Waals surface area contributed by atoms with Crippen LogP contribution in [0.15, 0.2) is 59.3 Å². The van der Waals surface area contributed by atoms with Crippen molar-refractivity contribution in [3.05, 3.63) is 70.4 Å². The number of benzene rings is 2. The molecule has 1 atom stereocenters. The summed E-state index contributed by atoms with van der Waals surface area (Å²) in [6, 6.07) is 12.8. The number of piperidine rings is 1. The average molecular weight is 510 g/mol. The van der Waals surface area contributed by atoms with Gasteiger partial charge in [0.2, 0.25) is 0 Å². The SMILES string of the molecule is CCCOC(=O)c1cccc(N2C(=O)C(Cl)=C(Nc3ccc(C(=O)N4CCCC(C)C4)cc3)C2=O)c1. The molecule has 0 aromatic heterocycles. The Bertz CT molecular complexity index is 1220. The number of imide groups is 1. The Hall–Kier alpha value is -3.65. The van der Waals surface area contributed by atoms with Crippen LogP contribution < -0.4 is 10.2 Å². The molecule has 188 valence electrons. The van der Waals surface area contributed by atoms with Crippen molar-refractivity contribution in [1.29, 1.82) is 0 Å². The molecule has 0 bridgehead atoms. The first-order valence-corrected chi connectivity index (χ1v) is 12.4. The zero-order valence-electron chi connectivity index (χ0n) is 20.3. The molecule has 2 aliphatic heterocycles. The first kappa shape index (κ1) is 25.4. The molecule has 3 amide bonds. The molecule has 2 aromatic rings. The third-order valence-electron chi connectivity index (χ3n) is 6.15. The predicted octanol–water partition coefficient (Wildman–Crippen LogP) is 4.56. The summed E-state index contributed by atoms with van der Waals surface area (Å²) in [5.41, 5.74) is 1.41. The van der Waals surface area contributed by atoms with Crippen LogP contribution in [-0.4, -0.2) is 48.3 Å². The lowest BCUT2D eigenvalue weighted by molar-refractivity contribution is -0.120. The minimum atomic E-state index is -0.700. The third kappa shape index (κ3) is 5.28. The van der Waals surface area contributed by atoms with Crippen molar-refractivity contribution in [2.45, 2.75) is 33.1 Å². The maximum atomic E-state index is 13.1. The van der Waals surface area contributed by atoms with Crippen LogP contribution in [0.1, 0.15) is 53.8 Å². The number of halogens is 1. The average Bonchev–Trinajstić information content (AvgIpc) is 3.10. The van der Waals surface area contributed by atoms with Gasteiger partial charge in [-0.2, -0.15) is 0 Å². The summed E-state index contributed by atoms with van der Waals surface area (Å²) in [6.45, 7) is 5.78. The molecule has 1 N–H and O–H groups in total. The Kier molecular flexibility index (Phi) is 7.74. The van der Waals surface area contributed by atoms with E-state index in [0.717, 1.165) is 30.8 Å². The fourth-order valence-corrected chi connectivity index (χ4v) is 4.51. The number of esters is 1. The van der Waals surface area contributed by atoms with E-state index in [2.05, 4.69) is 12.2 Å². The second kappa shape index (κ2) is 11.0. The number of hydrogen-bond donors (Lipinski definition) is 1. The van der Waals surface area contributed by atoms with E-state index in [9.17, 15) is 19.2 Å². The van der Waals surface area contributed by atoms with E-state index >= 15 is 0 Å². The van der Waals surface area contributed by atoms with E-state index in [1.165, 1.54) is 6.07 Å². The number of likely N-dealkylation sites (tertiary alicyclic amines) is 1. The monoisotopic (exact) mass is 509 g/mol. The van der Waals surface area contributed by atoms with Crippen LogP contribution in [0.25, 0.3) is 0 Å². The molecule has 0 aliphatic carbocycles. The van der Waals surface area contributed by atoms with Crippen molar-refractivity contribution in [2.75, 3.05) is 29.9 Å². The number of hydrogen-bond acceptors (Lipinski definition) is 6. The Morgan fingerprint density at radius 3 is 2.53 bits per heavy atom. The molecule has 0 saturated carbocycles. The highest BCUT2D eigenvalue weighted by molar-refractivity contribution is 6.53. The van der Waals surface area contributed by atoms with Crippen LogP contribution in [0.2, 0.25) is 0 Å². The summed E-state index contributed by atoms with van der Waals surface area (Å²) in [7, 11) is 0. The summed E-state index contributed by atoms with van der Waals surface area (Å²) < 4.78 is 5.14. The van der Waals surface area contributed by atoms with Gasteiger partial charge in [0.05, 0.1) is 17.9 Å². The fraction of sp³-hybridized carbons (Fsp3) is 0.333. The molecule has 0 spiro atoms. The molecule has 2 aliphatic rings. The van der Waals surface area contributed by atoms with E-state index in [4.69, 9.17) is 16.3 Å². The van der Waals surface area contributed by atoms with Gasteiger partial charge in [0.15, 0.2) is 0 Å². The van der Waals surface area contributed by atoms with Gasteiger partial charge in [-0.3, -0.25) is 14.4 Å². The van der Waals surface area contributed by atoms with Crippen LogP contribution in [0.4, 0.5) is 11.4 Å². The van der Waals surface area contributed by atoms with Crippen molar-refractivity contribution in [1.82, 2.24) is 4.90 Å². The van der Waals surface area contributed by atoms with Crippen molar-refractivity contribution in [3.63, 3.8) is 0 Å². The molecule has 2 heterocycles. The van der Waals surface area contributed by atoms with Crippen molar-refractivity contribution < 1.29 is 23.9 Å². The number of anilines is 2. The summed E-state index contributed by atoms with van der Waals surface area (Å²) in [5, 5.41) is 2.65. The van der Waals surface area contributed by atoms with E-state index in [0.29, 0.717) is 23.6 Å². The van der Waals surface area contributed by atoms with Crippen LogP contribution in [0.3, 0.4) is 0 Å². The highest BCUT2D eigenvalue weighted by Crippen LogP contribution is 2.31. The maximum Gasteiger partial charge on any atom is 0.338 e. The summed E-state index contributed by atoms with van der Waals surface area (Å²) in [4.78, 5) is 53.7. The largest absolute Gasteiger partial charge is 0.462 e. The highest BCUT2D eigenvalue weighted by Gasteiger charge is 2.39. The van der Waals surface area contributed by atoms with E-state index in [-0.39, 0.29) is 34.5 Å². The molecule has 1 unspecified atom stereocenters. The first-order valence-electron chi connectivity index (χ1n) is 12.0. The highest BCUT2D eigenvalue weighted by atomic mass is 35.5. The number of nitrogens with zero attached hydrogens (tertiary/aromatic N) is 2. The standard InChI is InChI=1S/C27H28ClN3O5/c1-3-14-36-27(35)19-7-4-8-21(15-19)31-25(33)22(28)23(26(31)34)29-20-11-9-18(10-12-20)24(32)30-13-5-6-17(2)16-30/h4,7-12,15,17,29H,3,5-6,13-14,16H2,1-2H3. The molecule has 8 nitrogen and oxygen atoms in total. The maximum absolute atomic E-state index is 13.1. The predicted molar refractivity (Wildman–Crippen MR) is 137 cm³/mol. The summed E-state index contributed by atoms with van der Waals surface area (Å²) in [5.74, 6) is -1.43. The number of ether oxygens (including phenoxy) is 1. The van der Waals surface area contributed by atoms with Gasteiger partial charge in [0.1, 0.15) is 10.7 Å². The lowest BCUT2D eigenvalue weighted by Crippen LogP contribution is -2.39. The van der Waals surface area contributed by atoms with Crippen molar-refractivity contribution in [2.24, 2.45) is 5.92 Å². The van der Waals surface area contributed by atoms with Crippen molar-refractivity contribution >= 4 is 46.7 Å². The van der Waals surface area contributed by atoms with Gasteiger partial charge in [0.25, 0.3) is 17.7 Å². The number of carbonyl (C=O) groups excluding carboxylic acids is 4. The fourth-order valence-electron chi connectivity index (χ4n) is 4.29. The Balaban J connectivity index is 1.47. The number of amides is 3. The summed E-state index contributed by atoms with van der Waals surface area (Å²) >= 11 is 6.24. The lowest BCUT2D eigenvalue weighted by Gasteiger charge is -2.31. The third-order valence-corrected chi connectivity index (χ3v) is 6.50. The van der Waals surface area contributed by atoms with Crippen LogP contribution in [-0.2, 0) is 14.3 Å². The minimum Gasteiger partial charge on any atom is -0.462 e. The first-order chi connectivity index (χ1) is 17.3. The van der Waals surface area contributed by atoms with E-state index in [1.54, 1.807) is 42.5 Å². The molecule has 1 fully saturated rings. The molecule has 0 radical (unpaired) electrons. The quantitative estimate of drug-likeness (QED) is 0.434. The molecule has 1 saturated heterocycles. The van der Waals surface area contributed by atoms with Gasteiger partial charge >= 0.3 is 5.97 Å². The number of rotatable bonds is 7. The Labute approximate surface area is 214 Å². The second-order valence-corrected chi connectivity index (χ2v) is 9.40. The molecule has 4 rings (SSSR count). The second-order valence-electron chi connectivity index (χ2n) is 9.02. The molecule has 2 aromatic carbocycles. The van der Waals surface area contributed by atoms with Gasteiger partial charge in [-0.15, -0.1) is 0 Å². The van der Waals surface area contributed by atoms with Crippen LogP contribution in [0, 0.1) is 5.92 Å². The Morgan fingerprint density at radius 1 is 1.08 bits per heavy atom. The topological polar surface area (TPSA) is 96.0 Å². The molecular formula is C27H28ClN3O5. The molecule has 36 heavy (non-hydrogen) atoms. The van der Waals surface area contributed by atoms with Crippen LogP contribution in [0.5, 0.6) is 0 Å².